The minimum Gasteiger partial charge on any atom is -0.381 e. The summed E-state index contributed by atoms with van der Waals surface area (Å²) in [6.07, 6.45) is 0. The fraction of sp³-hybridized carbons (Fsp3) is 0.167. The lowest BCUT2D eigenvalue weighted by molar-refractivity contribution is 0.598. The Kier molecular flexibility index (Phi) is 3.70. The Balaban J connectivity index is 2.05. The van der Waals surface area contributed by atoms with Gasteiger partial charge in [-0.25, -0.2) is 13.6 Å². The van der Waals surface area contributed by atoms with E-state index >= 15 is 0 Å². The number of sulfonamides is 1. The molecule has 4 nitrogen and oxygen atoms in total. The molecule has 0 bridgehead atoms. The third-order valence-corrected chi connectivity index (χ3v) is 4.47. The van der Waals surface area contributed by atoms with Crippen LogP contribution in [0.3, 0.4) is 0 Å². The number of hydrogen-bond donors (Lipinski definition) is 2. The standard InChI is InChI=1S/C12H14N2O2S2/c1-9-7-17-8-10(9)6-14-11-2-4-12(5-3-11)18(13,15)16/h2-5,7-8,14H,6H2,1H3,(H2,13,15,16). The number of anilines is 1. The predicted molar refractivity (Wildman–Crippen MR) is 74.2 cm³/mol. The highest BCUT2D eigenvalue weighted by Gasteiger charge is 2.06. The predicted octanol–water partition coefficient (Wildman–Crippen LogP) is 2.32. The Morgan fingerprint density at radius 1 is 1.22 bits per heavy atom. The van der Waals surface area contributed by atoms with Crippen molar-refractivity contribution in [3.8, 4) is 0 Å². The van der Waals surface area contributed by atoms with Gasteiger partial charge in [-0.15, -0.1) is 0 Å². The van der Waals surface area contributed by atoms with Gasteiger partial charge in [0.2, 0.25) is 10.0 Å². The summed E-state index contributed by atoms with van der Waals surface area (Å²) in [6, 6.07) is 6.42. The smallest absolute Gasteiger partial charge is 0.238 e. The lowest BCUT2D eigenvalue weighted by Gasteiger charge is -2.06. The van der Waals surface area contributed by atoms with E-state index in [0.29, 0.717) is 0 Å². The number of aryl methyl sites for hydroxylation is 1. The second-order valence-corrected chi connectivity index (χ2v) is 6.31. The van der Waals surface area contributed by atoms with Crippen LogP contribution in [-0.2, 0) is 16.6 Å². The van der Waals surface area contributed by atoms with Crippen molar-refractivity contribution >= 4 is 27.0 Å². The average Bonchev–Trinajstić information content (AvgIpc) is 2.72. The van der Waals surface area contributed by atoms with Gasteiger partial charge in [-0.05, 0) is 53.1 Å². The number of hydrogen-bond acceptors (Lipinski definition) is 4. The first-order valence-corrected chi connectivity index (χ1v) is 7.84. The van der Waals surface area contributed by atoms with E-state index in [0.717, 1.165) is 12.2 Å². The van der Waals surface area contributed by atoms with Gasteiger partial charge in [-0.2, -0.15) is 11.3 Å². The molecule has 0 radical (unpaired) electrons. The van der Waals surface area contributed by atoms with Crippen LogP contribution in [0.2, 0.25) is 0 Å². The third-order valence-electron chi connectivity index (χ3n) is 2.63. The summed E-state index contributed by atoms with van der Waals surface area (Å²) in [5.74, 6) is 0. The van der Waals surface area contributed by atoms with Gasteiger partial charge in [-0.1, -0.05) is 0 Å². The van der Waals surface area contributed by atoms with E-state index < -0.39 is 10.0 Å². The van der Waals surface area contributed by atoms with Crippen LogP contribution >= 0.6 is 11.3 Å². The maximum absolute atomic E-state index is 11.1. The first-order chi connectivity index (χ1) is 8.47. The quantitative estimate of drug-likeness (QED) is 0.904. The summed E-state index contributed by atoms with van der Waals surface area (Å²) < 4.78 is 22.2. The topological polar surface area (TPSA) is 72.2 Å². The van der Waals surface area contributed by atoms with Crippen molar-refractivity contribution in [2.45, 2.75) is 18.4 Å². The highest BCUT2D eigenvalue weighted by atomic mass is 32.2. The molecule has 2 aromatic rings. The third kappa shape index (κ3) is 3.10. The zero-order valence-electron chi connectivity index (χ0n) is 9.88. The molecule has 0 saturated carbocycles. The van der Waals surface area contributed by atoms with Crippen molar-refractivity contribution in [2.24, 2.45) is 5.14 Å². The van der Waals surface area contributed by atoms with Crippen molar-refractivity contribution < 1.29 is 8.42 Å². The molecule has 0 amide bonds. The van der Waals surface area contributed by atoms with Crippen molar-refractivity contribution in [3.63, 3.8) is 0 Å². The summed E-state index contributed by atoms with van der Waals surface area (Å²) in [5.41, 5.74) is 3.37. The molecule has 0 unspecified atom stereocenters. The summed E-state index contributed by atoms with van der Waals surface area (Å²) in [5, 5.41) is 12.5. The molecule has 3 N–H and O–H groups in total. The van der Waals surface area contributed by atoms with Crippen molar-refractivity contribution in [3.05, 3.63) is 46.2 Å². The SMILES string of the molecule is Cc1cscc1CNc1ccc(S(N)(=O)=O)cc1. The molecule has 0 aliphatic heterocycles. The number of thiophene rings is 1. The highest BCUT2D eigenvalue weighted by molar-refractivity contribution is 7.89. The van der Waals surface area contributed by atoms with Crippen LogP contribution < -0.4 is 10.5 Å². The van der Waals surface area contributed by atoms with Crippen LogP contribution in [0.5, 0.6) is 0 Å². The second kappa shape index (κ2) is 5.09. The molecular formula is C12H14N2O2S2. The van der Waals surface area contributed by atoms with Gasteiger partial charge in [0.1, 0.15) is 0 Å². The van der Waals surface area contributed by atoms with Crippen molar-refractivity contribution in [1.29, 1.82) is 0 Å². The Labute approximate surface area is 111 Å². The lowest BCUT2D eigenvalue weighted by atomic mass is 10.2. The van der Waals surface area contributed by atoms with E-state index in [4.69, 9.17) is 5.14 Å². The van der Waals surface area contributed by atoms with Gasteiger partial charge in [0.25, 0.3) is 0 Å². The Morgan fingerprint density at radius 2 is 1.89 bits per heavy atom. The number of nitrogens with two attached hydrogens (primary N) is 1. The molecule has 18 heavy (non-hydrogen) atoms. The van der Waals surface area contributed by atoms with Gasteiger partial charge in [0, 0.05) is 12.2 Å². The molecule has 0 saturated heterocycles. The minimum atomic E-state index is -3.61. The lowest BCUT2D eigenvalue weighted by Crippen LogP contribution is -2.12. The van der Waals surface area contributed by atoms with Gasteiger partial charge < -0.3 is 5.32 Å². The van der Waals surface area contributed by atoms with Gasteiger partial charge in [-0.3, -0.25) is 0 Å². The molecule has 0 fully saturated rings. The Bertz CT molecular complexity index is 630. The number of nitrogens with one attached hydrogen (secondary N) is 1. The van der Waals surface area contributed by atoms with Gasteiger partial charge in [0.15, 0.2) is 0 Å². The molecular weight excluding hydrogens is 268 g/mol. The zero-order valence-corrected chi connectivity index (χ0v) is 11.5. The highest BCUT2D eigenvalue weighted by Crippen LogP contribution is 2.17. The average molecular weight is 282 g/mol. The number of primary sulfonamides is 1. The minimum absolute atomic E-state index is 0.125. The fourth-order valence-electron chi connectivity index (χ4n) is 1.53. The van der Waals surface area contributed by atoms with E-state index in [1.54, 1.807) is 23.5 Å². The molecule has 0 spiro atoms. The summed E-state index contributed by atoms with van der Waals surface area (Å²) in [7, 11) is -3.61. The van der Waals surface area contributed by atoms with Gasteiger partial charge in [0.05, 0.1) is 4.90 Å². The van der Waals surface area contributed by atoms with Crippen LogP contribution in [0, 0.1) is 6.92 Å². The summed E-state index contributed by atoms with van der Waals surface area (Å²) in [6.45, 7) is 2.79. The Hall–Kier alpha value is -1.37. The maximum atomic E-state index is 11.1. The van der Waals surface area contributed by atoms with Gasteiger partial charge >= 0.3 is 0 Å². The number of benzene rings is 1. The summed E-state index contributed by atoms with van der Waals surface area (Å²) in [4.78, 5) is 0.125. The van der Waals surface area contributed by atoms with E-state index in [-0.39, 0.29) is 4.90 Å². The van der Waals surface area contributed by atoms with Crippen LogP contribution in [0.4, 0.5) is 5.69 Å². The molecule has 6 heteroatoms. The van der Waals surface area contributed by atoms with E-state index in [1.807, 2.05) is 0 Å². The molecule has 0 aliphatic rings. The summed E-state index contributed by atoms with van der Waals surface area (Å²) >= 11 is 1.67. The van der Waals surface area contributed by atoms with Crippen molar-refractivity contribution in [2.75, 3.05) is 5.32 Å². The largest absolute Gasteiger partial charge is 0.381 e. The molecule has 0 atom stereocenters. The first-order valence-electron chi connectivity index (χ1n) is 5.35. The van der Waals surface area contributed by atoms with Crippen LogP contribution in [0.15, 0.2) is 39.9 Å². The molecule has 1 heterocycles. The zero-order chi connectivity index (χ0) is 13.2. The molecule has 2 rings (SSSR count). The second-order valence-electron chi connectivity index (χ2n) is 4.00. The molecule has 96 valence electrons. The molecule has 1 aromatic heterocycles. The van der Waals surface area contributed by atoms with E-state index in [9.17, 15) is 8.42 Å². The van der Waals surface area contributed by atoms with Crippen LogP contribution in [0.25, 0.3) is 0 Å². The van der Waals surface area contributed by atoms with E-state index in [1.165, 1.54) is 23.3 Å². The van der Waals surface area contributed by atoms with Crippen LogP contribution in [0.1, 0.15) is 11.1 Å². The van der Waals surface area contributed by atoms with Crippen molar-refractivity contribution in [1.82, 2.24) is 0 Å². The van der Waals surface area contributed by atoms with Crippen LogP contribution in [-0.4, -0.2) is 8.42 Å². The Morgan fingerprint density at radius 3 is 2.39 bits per heavy atom. The normalized spacial score (nSPS) is 11.4. The monoisotopic (exact) mass is 282 g/mol. The first kappa shape index (κ1) is 13.1. The number of rotatable bonds is 4. The fourth-order valence-corrected chi connectivity index (χ4v) is 2.90. The maximum Gasteiger partial charge on any atom is 0.238 e. The molecule has 0 aliphatic carbocycles. The van der Waals surface area contributed by atoms with E-state index in [2.05, 4.69) is 23.0 Å². The molecule has 1 aromatic carbocycles.